The van der Waals surface area contributed by atoms with Gasteiger partial charge in [-0.1, -0.05) is 36.9 Å². The molecule has 1 aliphatic heterocycles. The van der Waals surface area contributed by atoms with E-state index in [9.17, 15) is 5.11 Å². The molecule has 0 unspecified atom stereocenters. The zero-order valence-corrected chi connectivity index (χ0v) is 16.4. The number of nitrogens with zero attached hydrogens (tertiary/aromatic N) is 3. The van der Waals surface area contributed by atoms with Gasteiger partial charge >= 0.3 is 0 Å². The maximum absolute atomic E-state index is 10.2. The number of phenols is 1. The minimum absolute atomic E-state index is 0.0446. The Morgan fingerprint density at radius 2 is 2.07 bits per heavy atom. The number of thioether (sulfide) groups is 1. The molecule has 1 aromatic heterocycles. The Hall–Kier alpha value is -3.00. The van der Waals surface area contributed by atoms with Crippen molar-refractivity contribution in [3.8, 4) is 28.6 Å². The molecule has 1 atom stereocenters. The van der Waals surface area contributed by atoms with Crippen molar-refractivity contribution in [1.82, 2.24) is 15.2 Å². The predicted molar refractivity (Wildman–Crippen MR) is 108 cm³/mol. The van der Waals surface area contributed by atoms with E-state index in [1.807, 2.05) is 30.3 Å². The van der Waals surface area contributed by atoms with Crippen molar-refractivity contribution in [3.63, 3.8) is 0 Å². The molecule has 0 fully saturated rings. The SMILES string of the molecule is CCCSc1nnc2c(n1)O[C@@H](c1ccc(OC)c(O)c1)Nc1ccccc1-2. The zero-order valence-electron chi connectivity index (χ0n) is 15.5. The number of phenolic OH excluding ortho intramolecular Hbond substituents is 1. The Morgan fingerprint density at radius 3 is 2.86 bits per heavy atom. The van der Waals surface area contributed by atoms with Gasteiger partial charge in [0.25, 0.3) is 0 Å². The van der Waals surface area contributed by atoms with Gasteiger partial charge < -0.3 is 19.9 Å². The van der Waals surface area contributed by atoms with Crippen molar-refractivity contribution in [2.24, 2.45) is 0 Å². The fourth-order valence-electron chi connectivity index (χ4n) is 2.92. The molecule has 2 aromatic carbocycles. The number of para-hydroxylation sites is 1. The van der Waals surface area contributed by atoms with Crippen LogP contribution >= 0.6 is 11.8 Å². The second-order valence-electron chi connectivity index (χ2n) is 6.22. The first-order valence-corrected chi connectivity index (χ1v) is 9.95. The third-order valence-corrected chi connectivity index (χ3v) is 5.32. The van der Waals surface area contributed by atoms with Crippen LogP contribution in [0.4, 0.5) is 5.69 Å². The number of fused-ring (bicyclic) bond motifs is 3. The maximum Gasteiger partial charge on any atom is 0.247 e. The number of ether oxygens (including phenoxy) is 2. The van der Waals surface area contributed by atoms with E-state index in [4.69, 9.17) is 9.47 Å². The minimum Gasteiger partial charge on any atom is -0.504 e. The van der Waals surface area contributed by atoms with Gasteiger partial charge in [-0.15, -0.1) is 10.2 Å². The highest BCUT2D eigenvalue weighted by molar-refractivity contribution is 7.99. The highest BCUT2D eigenvalue weighted by atomic mass is 32.2. The number of aromatic nitrogens is 3. The largest absolute Gasteiger partial charge is 0.504 e. The topological polar surface area (TPSA) is 89.4 Å². The molecule has 3 aromatic rings. The van der Waals surface area contributed by atoms with Gasteiger partial charge in [0.15, 0.2) is 23.4 Å². The van der Waals surface area contributed by atoms with E-state index in [2.05, 4.69) is 27.4 Å². The van der Waals surface area contributed by atoms with E-state index in [0.29, 0.717) is 22.5 Å². The summed E-state index contributed by atoms with van der Waals surface area (Å²) in [5.41, 5.74) is 3.04. The second kappa shape index (κ2) is 7.93. The second-order valence-corrected chi connectivity index (χ2v) is 7.28. The number of anilines is 1. The van der Waals surface area contributed by atoms with E-state index in [0.717, 1.165) is 29.0 Å². The molecule has 28 heavy (non-hydrogen) atoms. The van der Waals surface area contributed by atoms with Crippen LogP contribution in [0.15, 0.2) is 47.6 Å². The van der Waals surface area contributed by atoms with Gasteiger partial charge in [-0.25, -0.2) is 0 Å². The van der Waals surface area contributed by atoms with Crippen LogP contribution in [0.25, 0.3) is 11.3 Å². The Bertz CT molecular complexity index is 999. The van der Waals surface area contributed by atoms with Crippen molar-refractivity contribution in [2.45, 2.75) is 24.7 Å². The molecule has 2 N–H and O–H groups in total. The van der Waals surface area contributed by atoms with Crippen molar-refractivity contribution in [3.05, 3.63) is 48.0 Å². The molecule has 7 nitrogen and oxygen atoms in total. The average Bonchev–Trinajstić information content (AvgIpc) is 2.88. The number of hydrogen-bond donors (Lipinski definition) is 2. The monoisotopic (exact) mass is 396 g/mol. The molecule has 0 amide bonds. The summed E-state index contributed by atoms with van der Waals surface area (Å²) in [6, 6.07) is 12.9. The lowest BCUT2D eigenvalue weighted by molar-refractivity contribution is 0.224. The Kier molecular flexibility index (Phi) is 5.21. The molecule has 4 rings (SSSR count). The van der Waals surface area contributed by atoms with Gasteiger partial charge in [0.2, 0.25) is 11.0 Å². The molecule has 144 valence electrons. The number of hydrogen-bond acceptors (Lipinski definition) is 8. The van der Waals surface area contributed by atoms with Crippen LogP contribution in [0.2, 0.25) is 0 Å². The summed E-state index contributed by atoms with van der Waals surface area (Å²) in [6.45, 7) is 2.10. The number of aromatic hydroxyl groups is 1. The average molecular weight is 396 g/mol. The summed E-state index contributed by atoms with van der Waals surface area (Å²) < 4.78 is 11.3. The van der Waals surface area contributed by atoms with Gasteiger partial charge in [0.05, 0.1) is 7.11 Å². The highest BCUT2D eigenvalue weighted by Gasteiger charge is 2.26. The number of rotatable bonds is 5. The smallest absolute Gasteiger partial charge is 0.247 e. The van der Waals surface area contributed by atoms with Crippen molar-refractivity contribution >= 4 is 17.4 Å². The standard InChI is InChI=1S/C20H20N4O3S/c1-3-10-28-20-22-19-17(23-24-20)13-6-4-5-7-14(13)21-18(27-19)12-8-9-16(26-2)15(25)11-12/h4-9,11,18,21,25H,3,10H2,1-2H3/t18-/m0/s1. The molecule has 0 radical (unpaired) electrons. The molecule has 0 saturated heterocycles. The lowest BCUT2D eigenvalue weighted by atomic mass is 10.1. The quantitative estimate of drug-likeness (QED) is 0.619. The van der Waals surface area contributed by atoms with Gasteiger partial charge in [-0.05, 0) is 30.7 Å². The number of benzene rings is 2. The van der Waals surface area contributed by atoms with Crippen LogP contribution in [-0.4, -0.2) is 33.2 Å². The first-order chi connectivity index (χ1) is 13.7. The lowest BCUT2D eigenvalue weighted by Crippen LogP contribution is -2.17. The molecular formula is C20H20N4O3S. The van der Waals surface area contributed by atoms with E-state index >= 15 is 0 Å². The molecule has 0 saturated carbocycles. The van der Waals surface area contributed by atoms with Crippen molar-refractivity contribution < 1.29 is 14.6 Å². The van der Waals surface area contributed by atoms with Crippen LogP contribution < -0.4 is 14.8 Å². The first kappa shape index (κ1) is 18.4. The zero-order chi connectivity index (χ0) is 19.5. The molecule has 0 bridgehead atoms. The van der Waals surface area contributed by atoms with Crippen LogP contribution in [0.1, 0.15) is 25.1 Å². The normalized spacial score (nSPS) is 14.9. The van der Waals surface area contributed by atoms with Crippen LogP contribution in [-0.2, 0) is 0 Å². The van der Waals surface area contributed by atoms with Crippen LogP contribution in [0.3, 0.4) is 0 Å². The van der Waals surface area contributed by atoms with Gasteiger partial charge in [0, 0.05) is 22.6 Å². The van der Waals surface area contributed by atoms with E-state index in [-0.39, 0.29) is 5.75 Å². The summed E-state index contributed by atoms with van der Waals surface area (Å²) in [7, 11) is 1.51. The molecule has 0 aliphatic carbocycles. The Balaban J connectivity index is 1.77. The summed E-state index contributed by atoms with van der Waals surface area (Å²) in [5, 5.41) is 22.7. The lowest BCUT2D eigenvalue weighted by Gasteiger charge is -2.20. The fourth-order valence-corrected chi connectivity index (χ4v) is 3.56. The molecular weight excluding hydrogens is 376 g/mol. The number of nitrogens with one attached hydrogen (secondary N) is 1. The molecule has 0 spiro atoms. The van der Waals surface area contributed by atoms with E-state index in [1.165, 1.54) is 7.11 Å². The number of methoxy groups -OCH3 is 1. The van der Waals surface area contributed by atoms with Crippen molar-refractivity contribution in [2.75, 3.05) is 18.2 Å². The van der Waals surface area contributed by atoms with Gasteiger partial charge in [-0.2, -0.15) is 4.98 Å². The van der Waals surface area contributed by atoms with Crippen LogP contribution in [0, 0.1) is 0 Å². The molecule has 8 heteroatoms. The van der Waals surface area contributed by atoms with Crippen molar-refractivity contribution in [1.29, 1.82) is 0 Å². The summed E-state index contributed by atoms with van der Waals surface area (Å²) in [4.78, 5) is 4.58. The summed E-state index contributed by atoms with van der Waals surface area (Å²) in [6.07, 6.45) is 0.462. The van der Waals surface area contributed by atoms with E-state index < -0.39 is 6.23 Å². The fraction of sp³-hybridized carbons (Fsp3) is 0.250. The van der Waals surface area contributed by atoms with E-state index in [1.54, 1.807) is 23.9 Å². The predicted octanol–water partition coefficient (Wildman–Crippen LogP) is 4.26. The molecule has 2 heterocycles. The summed E-state index contributed by atoms with van der Waals surface area (Å²) in [5.74, 6) is 1.76. The third-order valence-electron chi connectivity index (χ3n) is 4.27. The Labute approximate surface area is 167 Å². The minimum atomic E-state index is -0.556. The van der Waals surface area contributed by atoms with Gasteiger partial charge in [0.1, 0.15) is 0 Å². The highest BCUT2D eigenvalue weighted by Crippen LogP contribution is 2.40. The molecule has 1 aliphatic rings. The Morgan fingerprint density at radius 1 is 1.21 bits per heavy atom. The van der Waals surface area contributed by atoms with Gasteiger partial charge in [-0.3, -0.25) is 0 Å². The van der Waals surface area contributed by atoms with Crippen LogP contribution in [0.5, 0.6) is 17.4 Å². The third kappa shape index (κ3) is 3.55. The maximum atomic E-state index is 10.2. The summed E-state index contributed by atoms with van der Waals surface area (Å²) >= 11 is 1.54. The first-order valence-electron chi connectivity index (χ1n) is 8.96.